The molecule has 7 heteroatoms. The Morgan fingerprint density at radius 1 is 0.667 bits per heavy atom. The number of carbonyl (C=O) groups excluding carboxylic acids is 1. The predicted molar refractivity (Wildman–Crippen MR) is 97.9 cm³/mol. The number of ketones is 1. The van der Waals surface area contributed by atoms with Gasteiger partial charge in [-0.3, -0.25) is 4.79 Å². The molecule has 0 aliphatic rings. The summed E-state index contributed by atoms with van der Waals surface area (Å²) in [5.41, 5.74) is 2.37. The van der Waals surface area contributed by atoms with E-state index < -0.39 is 0 Å². The second-order valence-electron chi connectivity index (χ2n) is 5.15. The summed E-state index contributed by atoms with van der Waals surface area (Å²) in [6.07, 6.45) is 0. The Bertz CT molecular complexity index is 661. The monoisotopic (exact) mass is 406 g/mol. The van der Waals surface area contributed by atoms with E-state index in [0.29, 0.717) is 33.4 Å². The lowest BCUT2D eigenvalue weighted by atomic mass is 9.96. The molecule has 0 spiro atoms. The minimum absolute atomic E-state index is 0.00912. The van der Waals surface area contributed by atoms with Crippen molar-refractivity contribution in [3.63, 3.8) is 0 Å². The number of benzene rings is 2. The van der Waals surface area contributed by atoms with Crippen molar-refractivity contribution >= 4 is 52.2 Å². The number of phenols is 2. The van der Waals surface area contributed by atoms with Crippen molar-refractivity contribution in [2.75, 3.05) is 0 Å². The van der Waals surface area contributed by atoms with Gasteiger partial charge < -0.3 is 10.2 Å². The molecule has 0 saturated heterocycles. The quantitative estimate of drug-likeness (QED) is 0.505. The zero-order valence-corrected chi connectivity index (χ0v) is 15.5. The van der Waals surface area contributed by atoms with Crippen molar-refractivity contribution in [2.24, 2.45) is 0 Å². The molecule has 0 heterocycles. The lowest BCUT2D eigenvalue weighted by molar-refractivity contribution is 0.103. The number of aromatic hydroxyl groups is 2. The maximum absolute atomic E-state index is 12.8. The molecule has 0 fully saturated rings. The number of phenolic OH excluding ortho intramolecular Hbond substituents is 2. The first-order valence-corrected chi connectivity index (χ1v) is 9.08. The lowest BCUT2D eigenvalue weighted by Crippen LogP contribution is -2.05. The fraction of sp³-hybridized carbons (Fsp3) is 0.235. The van der Waals surface area contributed by atoms with E-state index >= 15 is 0 Å². The molecule has 0 aliphatic carbocycles. The Balaban J connectivity index is 2.57. The molecule has 0 aliphatic heterocycles. The SMILES string of the molecule is O=C(c1cc(CCl)c(O)c(CCl)c1)c1cc(CCl)c(O)c(CCl)c1. The summed E-state index contributed by atoms with van der Waals surface area (Å²) in [4.78, 5) is 12.8. The molecule has 24 heavy (non-hydrogen) atoms. The molecule has 0 bridgehead atoms. The largest absolute Gasteiger partial charge is 0.507 e. The van der Waals surface area contributed by atoms with Gasteiger partial charge in [0.1, 0.15) is 11.5 Å². The number of carbonyl (C=O) groups is 1. The molecule has 3 nitrogen and oxygen atoms in total. The molecular weight excluding hydrogens is 394 g/mol. The first kappa shape index (κ1) is 19.2. The zero-order chi connectivity index (χ0) is 17.9. The van der Waals surface area contributed by atoms with Crippen molar-refractivity contribution in [1.82, 2.24) is 0 Å². The van der Waals surface area contributed by atoms with E-state index in [0.717, 1.165) is 0 Å². The first-order valence-electron chi connectivity index (χ1n) is 6.94. The minimum Gasteiger partial charge on any atom is -0.507 e. The highest BCUT2D eigenvalue weighted by molar-refractivity contribution is 6.19. The van der Waals surface area contributed by atoms with Crippen molar-refractivity contribution < 1.29 is 15.0 Å². The van der Waals surface area contributed by atoms with E-state index in [1.165, 1.54) is 24.3 Å². The smallest absolute Gasteiger partial charge is 0.193 e. The van der Waals surface area contributed by atoms with Crippen LogP contribution in [0, 0.1) is 0 Å². The van der Waals surface area contributed by atoms with Crippen LogP contribution in [0.3, 0.4) is 0 Å². The van der Waals surface area contributed by atoms with Gasteiger partial charge in [-0.25, -0.2) is 0 Å². The van der Waals surface area contributed by atoms with Gasteiger partial charge in [0.25, 0.3) is 0 Å². The second-order valence-corrected chi connectivity index (χ2v) is 6.22. The second kappa shape index (κ2) is 8.30. The van der Waals surface area contributed by atoms with E-state index in [-0.39, 0.29) is 40.8 Å². The number of hydrogen-bond donors (Lipinski definition) is 2. The van der Waals surface area contributed by atoms with Crippen molar-refractivity contribution in [3.8, 4) is 11.5 Å². The van der Waals surface area contributed by atoms with Crippen molar-refractivity contribution in [2.45, 2.75) is 23.5 Å². The molecule has 0 atom stereocenters. The fourth-order valence-corrected chi connectivity index (χ4v) is 3.17. The van der Waals surface area contributed by atoms with Gasteiger partial charge in [-0.15, -0.1) is 46.4 Å². The third-order valence-corrected chi connectivity index (χ3v) is 4.79. The lowest BCUT2D eigenvalue weighted by Gasteiger charge is -2.12. The van der Waals surface area contributed by atoms with Crippen LogP contribution in [0.1, 0.15) is 38.2 Å². The van der Waals surface area contributed by atoms with Crippen molar-refractivity contribution in [1.29, 1.82) is 0 Å². The summed E-state index contributed by atoms with van der Waals surface area (Å²) in [6.45, 7) is 0. The van der Waals surface area contributed by atoms with E-state index in [9.17, 15) is 15.0 Å². The summed E-state index contributed by atoms with van der Waals surface area (Å²) in [5, 5.41) is 20.0. The van der Waals surface area contributed by atoms with Gasteiger partial charge in [0.15, 0.2) is 5.78 Å². The van der Waals surface area contributed by atoms with Crippen LogP contribution in [0.4, 0.5) is 0 Å². The first-order chi connectivity index (χ1) is 11.5. The summed E-state index contributed by atoms with van der Waals surface area (Å²) >= 11 is 23.3. The molecule has 2 rings (SSSR count). The molecule has 0 unspecified atom stereocenters. The zero-order valence-electron chi connectivity index (χ0n) is 12.5. The van der Waals surface area contributed by atoms with Gasteiger partial charge in [0.2, 0.25) is 0 Å². The van der Waals surface area contributed by atoms with E-state index in [4.69, 9.17) is 46.4 Å². The van der Waals surface area contributed by atoms with Gasteiger partial charge in [-0.2, -0.15) is 0 Å². The van der Waals surface area contributed by atoms with Crippen LogP contribution >= 0.6 is 46.4 Å². The highest BCUT2D eigenvalue weighted by Gasteiger charge is 2.18. The number of halogens is 4. The average molecular weight is 408 g/mol. The molecule has 2 N–H and O–H groups in total. The molecule has 0 aromatic heterocycles. The Morgan fingerprint density at radius 2 is 0.917 bits per heavy atom. The van der Waals surface area contributed by atoms with Crippen LogP contribution < -0.4 is 0 Å². The van der Waals surface area contributed by atoms with Crippen molar-refractivity contribution in [3.05, 3.63) is 57.6 Å². The van der Waals surface area contributed by atoms with Crippen LogP contribution in [-0.4, -0.2) is 16.0 Å². The predicted octanol–water partition coefficient (Wildman–Crippen LogP) is 5.28. The summed E-state index contributed by atoms with van der Waals surface area (Å²) in [6, 6.07) is 6.09. The third-order valence-electron chi connectivity index (χ3n) is 3.64. The molecule has 2 aromatic rings. The molecule has 0 amide bonds. The maximum Gasteiger partial charge on any atom is 0.193 e. The van der Waals surface area contributed by atoms with Gasteiger partial charge in [-0.05, 0) is 24.3 Å². The Labute approximate surface area is 159 Å². The van der Waals surface area contributed by atoms with Crippen LogP contribution in [0.5, 0.6) is 11.5 Å². The van der Waals surface area contributed by atoms with Gasteiger partial charge in [0.05, 0.1) is 23.5 Å². The summed E-state index contributed by atoms with van der Waals surface area (Å²) in [5.74, 6) is -0.127. The number of rotatable bonds is 6. The maximum atomic E-state index is 12.8. The van der Waals surface area contributed by atoms with Crippen LogP contribution in [-0.2, 0) is 23.5 Å². The topological polar surface area (TPSA) is 57.5 Å². The highest BCUT2D eigenvalue weighted by atomic mass is 35.5. The standard InChI is InChI=1S/C17H14Cl4O3/c18-5-11-1-9(2-12(6-19)16(11)23)15(22)10-3-13(7-20)17(24)14(4-10)8-21/h1-4,23-24H,5-8H2. The molecule has 0 radical (unpaired) electrons. The molecule has 2 aromatic carbocycles. The fourth-order valence-electron chi connectivity index (χ4n) is 2.36. The van der Waals surface area contributed by atoms with Gasteiger partial charge in [0, 0.05) is 33.4 Å². The van der Waals surface area contributed by atoms with E-state index in [2.05, 4.69) is 0 Å². The third kappa shape index (κ3) is 3.75. The summed E-state index contributed by atoms with van der Waals surface area (Å²) < 4.78 is 0. The van der Waals surface area contributed by atoms with E-state index in [1.807, 2.05) is 0 Å². The average Bonchev–Trinajstić information content (AvgIpc) is 2.61. The van der Waals surface area contributed by atoms with Crippen LogP contribution in [0.15, 0.2) is 24.3 Å². The molecular formula is C17H14Cl4O3. The summed E-state index contributed by atoms with van der Waals surface area (Å²) in [7, 11) is 0. The number of hydrogen-bond acceptors (Lipinski definition) is 3. The number of alkyl halides is 4. The van der Waals surface area contributed by atoms with Crippen LogP contribution in [0.2, 0.25) is 0 Å². The molecule has 128 valence electrons. The minimum atomic E-state index is -0.300. The van der Waals surface area contributed by atoms with Crippen LogP contribution in [0.25, 0.3) is 0 Å². The van der Waals surface area contributed by atoms with E-state index in [1.54, 1.807) is 0 Å². The van der Waals surface area contributed by atoms with Gasteiger partial charge in [-0.1, -0.05) is 0 Å². The van der Waals surface area contributed by atoms with Gasteiger partial charge >= 0.3 is 0 Å². The normalized spacial score (nSPS) is 10.8. The molecule has 0 saturated carbocycles. The Kier molecular flexibility index (Phi) is 6.64. The Morgan fingerprint density at radius 3 is 1.12 bits per heavy atom. The highest BCUT2D eigenvalue weighted by Crippen LogP contribution is 2.31. The Hall–Kier alpha value is -1.13.